The maximum absolute atomic E-state index is 9.04. The lowest BCUT2D eigenvalue weighted by Crippen LogP contribution is -1.87. The predicted molar refractivity (Wildman–Crippen MR) is 53.5 cm³/mol. The molecule has 2 nitrogen and oxygen atoms in total. The monoisotopic (exact) mass is 178 g/mol. The van der Waals surface area contributed by atoms with Gasteiger partial charge in [0.25, 0.3) is 0 Å². The molecule has 0 spiro atoms. The van der Waals surface area contributed by atoms with Gasteiger partial charge in [-0.25, -0.2) is 0 Å². The summed E-state index contributed by atoms with van der Waals surface area (Å²) in [6, 6.07) is 6.91. The number of aliphatic hydroxyl groups excluding tert-OH is 1. The van der Waals surface area contributed by atoms with Crippen molar-refractivity contribution in [1.82, 2.24) is 0 Å². The summed E-state index contributed by atoms with van der Waals surface area (Å²) in [7, 11) is 0. The van der Waals surface area contributed by atoms with Crippen LogP contribution in [0.4, 0.5) is 0 Å². The van der Waals surface area contributed by atoms with Crippen molar-refractivity contribution in [2.45, 2.75) is 13.3 Å². The van der Waals surface area contributed by atoms with E-state index in [2.05, 4.69) is 0 Å². The molecule has 0 saturated carbocycles. The SMILES string of the molecule is CC/C(=C/c1ccc(O)cc1)CO. The first-order chi connectivity index (χ1) is 6.26. The Morgan fingerprint density at radius 2 is 1.92 bits per heavy atom. The summed E-state index contributed by atoms with van der Waals surface area (Å²) in [4.78, 5) is 0. The lowest BCUT2D eigenvalue weighted by atomic mass is 10.1. The standard InChI is InChI=1S/C11H14O2/c1-2-9(8-12)7-10-3-5-11(13)6-4-10/h3-7,12-13H,2,8H2,1H3/b9-7-. The Labute approximate surface area is 78.2 Å². The van der Waals surface area contributed by atoms with E-state index in [1.54, 1.807) is 12.1 Å². The fourth-order valence-electron chi connectivity index (χ4n) is 1.07. The number of hydrogen-bond donors (Lipinski definition) is 2. The first kappa shape index (κ1) is 9.81. The van der Waals surface area contributed by atoms with Gasteiger partial charge >= 0.3 is 0 Å². The van der Waals surface area contributed by atoms with E-state index >= 15 is 0 Å². The summed E-state index contributed by atoms with van der Waals surface area (Å²) in [5.74, 6) is 0.263. The van der Waals surface area contributed by atoms with Gasteiger partial charge in [-0.1, -0.05) is 25.1 Å². The zero-order chi connectivity index (χ0) is 9.68. The van der Waals surface area contributed by atoms with Crippen molar-refractivity contribution in [2.24, 2.45) is 0 Å². The van der Waals surface area contributed by atoms with Crippen LogP contribution < -0.4 is 0 Å². The molecule has 0 radical (unpaired) electrons. The first-order valence-electron chi connectivity index (χ1n) is 4.35. The molecule has 0 bridgehead atoms. The van der Waals surface area contributed by atoms with Crippen LogP contribution in [0.3, 0.4) is 0 Å². The molecule has 1 aromatic rings. The Hall–Kier alpha value is -1.28. The van der Waals surface area contributed by atoms with Crippen molar-refractivity contribution in [2.75, 3.05) is 6.61 Å². The van der Waals surface area contributed by atoms with E-state index in [1.165, 1.54) is 0 Å². The van der Waals surface area contributed by atoms with E-state index in [4.69, 9.17) is 10.2 Å². The van der Waals surface area contributed by atoms with Gasteiger partial charge in [-0.15, -0.1) is 0 Å². The third-order valence-corrected chi connectivity index (χ3v) is 1.92. The Morgan fingerprint density at radius 1 is 1.31 bits per heavy atom. The molecule has 2 N–H and O–H groups in total. The van der Waals surface area contributed by atoms with Crippen molar-refractivity contribution in [3.8, 4) is 5.75 Å². The van der Waals surface area contributed by atoms with Gasteiger partial charge in [0.2, 0.25) is 0 Å². The first-order valence-corrected chi connectivity index (χ1v) is 4.35. The lowest BCUT2D eigenvalue weighted by Gasteiger charge is -1.99. The number of phenolic OH excluding ortho intramolecular Hbond substituents is 1. The third-order valence-electron chi connectivity index (χ3n) is 1.92. The molecule has 0 atom stereocenters. The van der Waals surface area contributed by atoms with Crippen LogP contribution in [0.25, 0.3) is 6.08 Å². The van der Waals surface area contributed by atoms with Crippen LogP contribution in [-0.4, -0.2) is 16.8 Å². The van der Waals surface area contributed by atoms with E-state index in [1.807, 2.05) is 25.1 Å². The minimum atomic E-state index is 0.0946. The highest BCUT2D eigenvalue weighted by molar-refractivity contribution is 5.53. The number of rotatable bonds is 3. The molecule has 1 rings (SSSR count). The van der Waals surface area contributed by atoms with Crippen molar-refractivity contribution >= 4 is 6.08 Å². The molecule has 1 aromatic carbocycles. The van der Waals surface area contributed by atoms with E-state index < -0.39 is 0 Å². The zero-order valence-corrected chi connectivity index (χ0v) is 7.70. The van der Waals surface area contributed by atoms with E-state index in [0.717, 1.165) is 17.6 Å². The molecular weight excluding hydrogens is 164 g/mol. The molecule has 0 saturated heterocycles. The highest BCUT2D eigenvalue weighted by Crippen LogP contribution is 2.13. The number of phenols is 1. The highest BCUT2D eigenvalue weighted by Gasteiger charge is 1.93. The Morgan fingerprint density at radius 3 is 2.38 bits per heavy atom. The summed E-state index contributed by atoms with van der Waals surface area (Å²) in [5.41, 5.74) is 1.99. The molecule has 13 heavy (non-hydrogen) atoms. The van der Waals surface area contributed by atoms with Gasteiger partial charge in [0.15, 0.2) is 0 Å². The van der Waals surface area contributed by atoms with Crippen LogP contribution in [0.15, 0.2) is 29.8 Å². The van der Waals surface area contributed by atoms with Gasteiger partial charge in [0.05, 0.1) is 6.61 Å². The summed E-state index contributed by atoms with van der Waals surface area (Å²) in [6.45, 7) is 2.10. The van der Waals surface area contributed by atoms with Crippen LogP contribution in [0.2, 0.25) is 0 Å². The fourth-order valence-corrected chi connectivity index (χ4v) is 1.07. The average molecular weight is 178 g/mol. The highest BCUT2D eigenvalue weighted by atomic mass is 16.3. The van der Waals surface area contributed by atoms with Gasteiger partial charge in [0.1, 0.15) is 5.75 Å². The molecule has 0 amide bonds. The van der Waals surface area contributed by atoms with E-state index in [0.29, 0.717) is 0 Å². The van der Waals surface area contributed by atoms with Crippen LogP contribution >= 0.6 is 0 Å². The minimum absolute atomic E-state index is 0.0946. The van der Waals surface area contributed by atoms with Crippen molar-refractivity contribution in [3.05, 3.63) is 35.4 Å². The molecule has 0 aromatic heterocycles. The summed E-state index contributed by atoms with van der Waals surface area (Å²) >= 11 is 0. The third kappa shape index (κ3) is 2.92. The van der Waals surface area contributed by atoms with Crippen molar-refractivity contribution in [3.63, 3.8) is 0 Å². The van der Waals surface area contributed by atoms with Crippen LogP contribution in [0.5, 0.6) is 5.75 Å². The lowest BCUT2D eigenvalue weighted by molar-refractivity contribution is 0.329. The molecule has 0 aliphatic rings. The zero-order valence-electron chi connectivity index (χ0n) is 7.70. The molecule has 0 aliphatic heterocycles. The molecule has 0 unspecified atom stereocenters. The second-order valence-electron chi connectivity index (χ2n) is 2.91. The fraction of sp³-hybridized carbons (Fsp3) is 0.273. The van der Waals surface area contributed by atoms with E-state index in [-0.39, 0.29) is 12.4 Å². The molecular formula is C11H14O2. The predicted octanol–water partition coefficient (Wildman–Crippen LogP) is 2.18. The second kappa shape index (κ2) is 4.67. The summed E-state index contributed by atoms with van der Waals surface area (Å²) in [6.07, 6.45) is 2.77. The number of aliphatic hydroxyl groups is 1. The Kier molecular flexibility index (Phi) is 3.53. The summed E-state index contributed by atoms with van der Waals surface area (Å²) < 4.78 is 0. The maximum atomic E-state index is 9.04. The van der Waals surface area contributed by atoms with Crippen LogP contribution in [0.1, 0.15) is 18.9 Å². The summed E-state index contributed by atoms with van der Waals surface area (Å²) in [5, 5.41) is 18.0. The van der Waals surface area contributed by atoms with Gasteiger partial charge in [0, 0.05) is 0 Å². The van der Waals surface area contributed by atoms with Gasteiger partial charge in [-0.05, 0) is 29.7 Å². The van der Waals surface area contributed by atoms with Gasteiger partial charge < -0.3 is 10.2 Å². The molecule has 2 heteroatoms. The molecule has 70 valence electrons. The largest absolute Gasteiger partial charge is 0.508 e. The van der Waals surface area contributed by atoms with Crippen LogP contribution in [-0.2, 0) is 0 Å². The topological polar surface area (TPSA) is 40.5 Å². The smallest absolute Gasteiger partial charge is 0.115 e. The number of hydrogen-bond acceptors (Lipinski definition) is 2. The van der Waals surface area contributed by atoms with E-state index in [9.17, 15) is 0 Å². The quantitative estimate of drug-likeness (QED) is 0.744. The maximum Gasteiger partial charge on any atom is 0.115 e. The average Bonchev–Trinajstić information content (AvgIpc) is 2.17. The second-order valence-corrected chi connectivity index (χ2v) is 2.91. The van der Waals surface area contributed by atoms with Crippen molar-refractivity contribution < 1.29 is 10.2 Å². The van der Waals surface area contributed by atoms with Crippen molar-refractivity contribution in [1.29, 1.82) is 0 Å². The number of benzene rings is 1. The molecule has 0 aliphatic carbocycles. The molecule has 0 heterocycles. The van der Waals surface area contributed by atoms with Gasteiger partial charge in [-0.2, -0.15) is 0 Å². The number of aromatic hydroxyl groups is 1. The Bertz CT molecular complexity index is 279. The van der Waals surface area contributed by atoms with Gasteiger partial charge in [-0.3, -0.25) is 0 Å². The Balaban J connectivity index is 2.84. The normalized spacial score (nSPS) is 11.7. The minimum Gasteiger partial charge on any atom is -0.508 e. The molecule has 0 fully saturated rings. The van der Waals surface area contributed by atoms with Crippen LogP contribution in [0, 0.1) is 0 Å².